The number of aromatic nitrogens is 1. The Hall–Kier alpha value is -1.22. The fourth-order valence-electron chi connectivity index (χ4n) is 1.84. The van der Waals surface area contributed by atoms with Crippen molar-refractivity contribution in [2.45, 2.75) is 6.92 Å². The summed E-state index contributed by atoms with van der Waals surface area (Å²) < 4.78 is 34.5. The van der Waals surface area contributed by atoms with Crippen LogP contribution in [0.15, 0.2) is 23.0 Å². The number of nitrogens with zero attached hydrogens (tertiary/aromatic N) is 1. The molecule has 2 aromatic rings. The van der Waals surface area contributed by atoms with Crippen LogP contribution in [0, 0.1) is 29.5 Å². The number of benzene rings is 1. The quantitative estimate of drug-likeness (QED) is 0.574. The van der Waals surface area contributed by atoms with Gasteiger partial charge in [-0.05, 0) is 12.5 Å². The molecule has 1 heterocycles. The molecule has 0 amide bonds. The minimum atomic E-state index is -0.868. The van der Waals surface area contributed by atoms with Crippen LogP contribution in [0.5, 0.6) is 5.75 Å². The van der Waals surface area contributed by atoms with Gasteiger partial charge in [0.1, 0.15) is 12.4 Å². The van der Waals surface area contributed by atoms with Gasteiger partial charge in [0.05, 0.1) is 11.6 Å². The molecule has 0 bridgehead atoms. The van der Waals surface area contributed by atoms with E-state index in [1.807, 2.05) is 0 Å². The van der Waals surface area contributed by atoms with E-state index in [1.165, 1.54) is 13.1 Å². The van der Waals surface area contributed by atoms with Gasteiger partial charge in [-0.3, -0.25) is 4.79 Å². The van der Waals surface area contributed by atoms with E-state index in [2.05, 4.69) is 17.9 Å². The van der Waals surface area contributed by atoms with Gasteiger partial charge in [0.2, 0.25) is 5.56 Å². The van der Waals surface area contributed by atoms with Crippen LogP contribution in [-0.4, -0.2) is 11.2 Å². The third kappa shape index (κ3) is 4.41. The molecule has 3 nitrogen and oxygen atoms in total. The van der Waals surface area contributed by atoms with Gasteiger partial charge in [0.15, 0.2) is 0 Å². The van der Waals surface area contributed by atoms with Crippen LogP contribution in [0.2, 0.25) is 5.02 Å². The van der Waals surface area contributed by atoms with E-state index in [9.17, 15) is 13.6 Å². The number of rotatable bonds is 3. The fraction of sp³-hybridized carbons (Fsp3) is 0.188. The minimum Gasteiger partial charge on any atom is -0.481 e. The van der Waals surface area contributed by atoms with E-state index >= 15 is 0 Å². The van der Waals surface area contributed by atoms with Crippen LogP contribution in [0.4, 0.5) is 8.78 Å². The predicted molar refractivity (Wildman–Crippen MR) is 79.8 cm³/mol. The second-order valence-electron chi connectivity index (χ2n) is 4.33. The van der Waals surface area contributed by atoms with Gasteiger partial charge in [0, 0.05) is 56.9 Å². The molecule has 1 aromatic carbocycles. The molecule has 2 rings (SSSR count). The number of ether oxygens (including phenoxy) is 1. The summed E-state index contributed by atoms with van der Waals surface area (Å²) in [5.74, 6) is 3.51. The summed E-state index contributed by atoms with van der Waals surface area (Å²) in [4.78, 5) is 11.8. The van der Waals surface area contributed by atoms with Gasteiger partial charge < -0.3 is 9.30 Å². The molecular formula is C16H11ClF2NO2Y-. The van der Waals surface area contributed by atoms with Crippen molar-refractivity contribution in [3.63, 3.8) is 0 Å². The van der Waals surface area contributed by atoms with Crippen molar-refractivity contribution < 1.29 is 46.2 Å². The van der Waals surface area contributed by atoms with E-state index in [0.29, 0.717) is 0 Å². The normalized spacial score (nSPS) is 9.61. The Kier molecular flexibility index (Phi) is 7.40. The summed E-state index contributed by atoms with van der Waals surface area (Å²) in [6, 6.07) is 5.84. The van der Waals surface area contributed by atoms with Gasteiger partial charge in [0.25, 0.3) is 0 Å². The van der Waals surface area contributed by atoms with Crippen molar-refractivity contribution in [1.82, 2.24) is 4.57 Å². The number of pyridine rings is 1. The molecule has 0 spiro atoms. The molecule has 0 unspecified atom stereocenters. The number of halogens is 3. The third-order valence-electron chi connectivity index (χ3n) is 2.92. The minimum absolute atomic E-state index is 0. The van der Waals surface area contributed by atoms with Crippen molar-refractivity contribution in [3.8, 4) is 28.8 Å². The smallest absolute Gasteiger partial charge is 0.212 e. The zero-order chi connectivity index (χ0) is 16.3. The van der Waals surface area contributed by atoms with E-state index in [-0.39, 0.29) is 61.3 Å². The molecule has 1 radical (unpaired) electrons. The van der Waals surface area contributed by atoms with Crippen molar-refractivity contribution in [2.24, 2.45) is 7.05 Å². The van der Waals surface area contributed by atoms with Crippen LogP contribution in [0.3, 0.4) is 0 Å². The maximum Gasteiger partial charge on any atom is 0.212 e. The zero-order valence-electron chi connectivity index (χ0n) is 12.4. The average Bonchev–Trinajstić information content (AvgIpc) is 2.47. The first-order valence-corrected chi connectivity index (χ1v) is 6.62. The second kappa shape index (κ2) is 8.58. The largest absolute Gasteiger partial charge is 0.481 e. The summed E-state index contributed by atoms with van der Waals surface area (Å²) in [5, 5.41) is -0.0786. The number of hydrogen-bond donors (Lipinski definition) is 0. The van der Waals surface area contributed by atoms with E-state index in [0.717, 1.165) is 16.7 Å². The molecule has 117 valence electrons. The zero-order valence-corrected chi connectivity index (χ0v) is 16.0. The van der Waals surface area contributed by atoms with Gasteiger partial charge in [-0.25, -0.2) is 8.78 Å². The second-order valence-corrected chi connectivity index (χ2v) is 4.73. The first kappa shape index (κ1) is 19.8. The van der Waals surface area contributed by atoms with Crippen molar-refractivity contribution >= 4 is 11.6 Å². The molecule has 1 aromatic heterocycles. The van der Waals surface area contributed by atoms with Crippen LogP contribution in [0.1, 0.15) is 6.92 Å². The molecule has 0 aliphatic carbocycles. The topological polar surface area (TPSA) is 31.2 Å². The monoisotopic (exact) mass is 411 g/mol. The van der Waals surface area contributed by atoms with E-state index in [1.54, 1.807) is 6.92 Å². The van der Waals surface area contributed by atoms with E-state index in [4.69, 9.17) is 16.3 Å². The molecule has 7 heteroatoms. The Morgan fingerprint density at radius 3 is 2.52 bits per heavy atom. The molecule has 0 fully saturated rings. The van der Waals surface area contributed by atoms with Crippen LogP contribution in [-0.2, 0) is 39.8 Å². The first-order valence-electron chi connectivity index (χ1n) is 6.24. The molecular weight excluding hydrogens is 401 g/mol. The summed E-state index contributed by atoms with van der Waals surface area (Å²) in [6.07, 6.45) is 0. The summed E-state index contributed by atoms with van der Waals surface area (Å²) >= 11 is 5.66. The maximum atomic E-state index is 14.2. The molecule has 0 aliphatic heterocycles. The predicted octanol–water partition coefficient (Wildman–Crippen LogP) is 3.18. The first-order chi connectivity index (χ1) is 10.5. The van der Waals surface area contributed by atoms with Crippen LogP contribution < -0.4 is 10.3 Å². The van der Waals surface area contributed by atoms with Crippen LogP contribution >= 0.6 is 11.6 Å². The Bertz CT molecular complexity index is 817. The molecule has 0 atom stereocenters. The maximum absolute atomic E-state index is 14.2. The Morgan fingerprint density at radius 2 is 1.96 bits per heavy atom. The van der Waals surface area contributed by atoms with Gasteiger partial charge >= 0.3 is 0 Å². The molecule has 0 saturated heterocycles. The van der Waals surface area contributed by atoms with Crippen molar-refractivity contribution in [3.05, 3.63) is 51.3 Å². The molecule has 0 N–H and O–H groups in total. The molecule has 23 heavy (non-hydrogen) atoms. The van der Waals surface area contributed by atoms with Crippen molar-refractivity contribution in [1.29, 1.82) is 0 Å². The fourth-order valence-corrected chi connectivity index (χ4v) is 2.02. The molecule has 0 saturated carbocycles. The van der Waals surface area contributed by atoms with E-state index < -0.39 is 17.2 Å². The SMILES string of the molecule is CC#CCOc1cc(F)c(-c2[c-]cc(Cl)c(=O)n2C)c(F)c1.[Y]. The summed E-state index contributed by atoms with van der Waals surface area (Å²) in [5.41, 5.74) is -0.970. The van der Waals surface area contributed by atoms with Crippen LogP contribution in [0.25, 0.3) is 11.3 Å². The van der Waals surface area contributed by atoms with Crippen molar-refractivity contribution in [2.75, 3.05) is 6.61 Å². The average molecular weight is 412 g/mol. The summed E-state index contributed by atoms with van der Waals surface area (Å²) in [7, 11) is 1.36. The van der Waals surface area contributed by atoms with Gasteiger partial charge in [-0.15, -0.1) is 5.92 Å². The number of hydrogen-bond acceptors (Lipinski definition) is 2. The summed E-state index contributed by atoms with van der Waals surface area (Å²) in [6.45, 7) is 1.66. The Labute approximate surface area is 162 Å². The van der Waals surface area contributed by atoms with Gasteiger partial charge in [-0.1, -0.05) is 11.6 Å². The Balaban J connectivity index is 0.00000264. The Morgan fingerprint density at radius 1 is 1.35 bits per heavy atom. The molecule has 0 aliphatic rings. The van der Waals surface area contributed by atoms with Gasteiger partial charge in [-0.2, -0.15) is 23.7 Å². The third-order valence-corrected chi connectivity index (χ3v) is 3.19. The standard InChI is InChI=1S/C16H11ClF2NO2.Y/c1-3-4-7-22-10-8-12(18)15(13(19)9-10)14-6-5-11(17)16(21)20(14)2;/h5,8-9H,7H2,1-2H3;/q-1;.